The van der Waals surface area contributed by atoms with Gasteiger partial charge in [0.2, 0.25) is 5.91 Å². The van der Waals surface area contributed by atoms with Crippen LogP contribution in [0.1, 0.15) is 105 Å². The molecule has 0 spiro atoms. The molecule has 1 saturated carbocycles. The Kier molecular flexibility index (Phi) is 8.93. The minimum Gasteiger partial charge on any atom is -0.489 e. The van der Waals surface area contributed by atoms with Gasteiger partial charge in [-0.05, 0) is 109 Å². The molecule has 2 aromatic heterocycles. The molecule has 250 valence electrons. The molecule has 3 aromatic rings. The van der Waals surface area contributed by atoms with Crippen molar-refractivity contribution < 1.29 is 32.6 Å². The lowest BCUT2D eigenvalue weighted by atomic mass is 9.72. The van der Waals surface area contributed by atoms with Crippen LogP contribution in [0.25, 0.3) is 11.4 Å². The fraction of sp³-hybridized carbons (Fsp3) is 0.500. The van der Waals surface area contributed by atoms with E-state index in [2.05, 4.69) is 43.0 Å². The molecule has 1 aliphatic heterocycles. The van der Waals surface area contributed by atoms with Gasteiger partial charge in [-0.3, -0.25) is 4.79 Å². The van der Waals surface area contributed by atoms with Crippen LogP contribution < -0.4 is 4.74 Å². The van der Waals surface area contributed by atoms with Crippen molar-refractivity contribution >= 4 is 17.4 Å². The molecule has 0 unspecified atom stereocenters. The molecule has 1 saturated heterocycles. The number of carbonyl (C=O) groups excluding carboxylic acids is 1. The van der Waals surface area contributed by atoms with Crippen LogP contribution in [0.2, 0.25) is 0 Å². The molecule has 1 N–H and O–H groups in total. The maximum atomic E-state index is 13.9. The molecule has 11 heteroatoms. The summed E-state index contributed by atoms with van der Waals surface area (Å²) in [5.74, 6) is -0.0700. The maximum Gasteiger partial charge on any atom is 0.434 e. The maximum absolute atomic E-state index is 13.9. The van der Waals surface area contributed by atoms with Crippen LogP contribution in [0, 0.1) is 11.3 Å². The summed E-state index contributed by atoms with van der Waals surface area (Å²) < 4.78 is 48.8. The van der Waals surface area contributed by atoms with E-state index in [1.165, 1.54) is 17.2 Å². The Bertz CT molecular complexity index is 1700. The molecule has 3 heterocycles. The van der Waals surface area contributed by atoms with E-state index in [4.69, 9.17) is 4.74 Å². The van der Waals surface area contributed by atoms with E-state index in [1.807, 2.05) is 11.0 Å². The van der Waals surface area contributed by atoms with Gasteiger partial charge in [0, 0.05) is 19.0 Å². The zero-order valence-electron chi connectivity index (χ0n) is 27.1. The number of benzene rings is 1. The highest BCUT2D eigenvalue weighted by molar-refractivity contribution is 5.89. The zero-order valence-corrected chi connectivity index (χ0v) is 27.1. The Morgan fingerprint density at radius 3 is 2.49 bits per heavy atom. The number of aryl methyl sites for hydroxylation is 1. The van der Waals surface area contributed by atoms with Crippen molar-refractivity contribution in [3.63, 3.8) is 0 Å². The second kappa shape index (κ2) is 12.8. The number of pyridine rings is 1. The second-order valence-corrected chi connectivity index (χ2v) is 13.6. The van der Waals surface area contributed by atoms with E-state index < -0.39 is 23.4 Å². The van der Waals surface area contributed by atoms with Crippen molar-refractivity contribution in [2.45, 2.75) is 84.2 Å². The molecule has 47 heavy (non-hydrogen) atoms. The van der Waals surface area contributed by atoms with Gasteiger partial charge in [-0.15, -0.1) is 0 Å². The number of ether oxygens (including phenoxy) is 1. The van der Waals surface area contributed by atoms with Crippen LogP contribution in [0.4, 0.5) is 13.2 Å². The third-order valence-corrected chi connectivity index (χ3v) is 9.99. The number of aromatic carboxylic acids is 1. The van der Waals surface area contributed by atoms with E-state index in [9.17, 15) is 27.9 Å². The predicted octanol–water partition coefficient (Wildman–Crippen LogP) is 7.71. The van der Waals surface area contributed by atoms with Gasteiger partial charge in [-0.1, -0.05) is 32.9 Å². The van der Waals surface area contributed by atoms with Crippen molar-refractivity contribution in [1.82, 2.24) is 19.7 Å². The number of allylic oxidation sites excluding steroid dienone is 1. The van der Waals surface area contributed by atoms with Crippen LogP contribution in [-0.4, -0.2) is 56.3 Å². The number of likely N-dealkylation sites (tertiary alicyclic amines) is 1. The molecule has 1 amide bonds. The largest absolute Gasteiger partial charge is 0.489 e. The smallest absolute Gasteiger partial charge is 0.434 e. The molecule has 0 radical (unpaired) electrons. The summed E-state index contributed by atoms with van der Waals surface area (Å²) in [6.45, 7) is 8.34. The standard InChI is InChI=1S/C36H41F3N4O4/c1-4-22-19-25(12-13-26(22)23-14-17-42(18-15-23)33(44)24-10-11-24)47-21-29-27(7-6-16-35(29,2)3)30-8-5-9-31(41-30)43-32(36(37,38)39)28(20-40-43)34(45)46/h5,8-9,12-13,19-20,23-24H,4,6-7,10-11,14-18,21H2,1-3H3,(H,45,46). The monoisotopic (exact) mass is 650 g/mol. The molecule has 0 bridgehead atoms. The molecule has 3 aliphatic rings. The lowest BCUT2D eigenvalue weighted by Crippen LogP contribution is -2.38. The number of nitrogens with zero attached hydrogens (tertiary/aromatic N) is 4. The Labute approximate surface area is 272 Å². The topological polar surface area (TPSA) is 97.6 Å². The number of carbonyl (C=O) groups is 2. The third-order valence-electron chi connectivity index (χ3n) is 9.99. The van der Waals surface area contributed by atoms with Crippen molar-refractivity contribution in [2.24, 2.45) is 11.3 Å². The lowest BCUT2D eigenvalue weighted by molar-refractivity contribution is -0.143. The number of halogens is 3. The number of aromatic nitrogens is 3. The number of amides is 1. The minimum atomic E-state index is -4.94. The number of piperidine rings is 1. The van der Waals surface area contributed by atoms with Crippen molar-refractivity contribution in [3.8, 4) is 11.6 Å². The number of carboxylic acids is 1. The molecular weight excluding hydrogens is 609 g/mol. The predicted molar refractivity (Wildman–Crippen MR) is 170 cm³/mol. The Morgan fingerprint density at radius 2 is 1.83 bits per heavy atom. The average Bonchev–Trinajstić information content (AvgIpc) is 3.79. The van der Waals surface area contributed by atoms with Crippen LogP contribution in [0.3, 0.4) is 0 Å². The zero-order chi connectivity index (χ0) is 33.5. The Hall–Kier alpha value is -4.15. The van der Waals surface area contributed by atoms with Gasteiger partial charge in [0.15, 0.2) is 11.5 Å². The highest BCUT2D eigenvalue weighted by Gasteiger charge is 2.41. The van der Waals surface area contributed by atoms with Crippen LogP contribution in [0.5, 0.6) is 5.75 Å². The van der Waals surface area contributed by atoms with Gasteiger partial charge in [-0.2, -0.15) is 18.3 Å². The lowest BCUT2D eigenvalue weighted by Gasteiger charge is -2.35. The van der Waals surface area contributed by atoms with Crippen LogP contribution >= 0.6 is 0 Å². The minimum absolute atomic E-state index is 0.107. The first-order valence-electron chi connectivity index (χ1n) is 16.5. The SMILES string of the molecule is CCc1cc(OCC2=C(c3cccc(-n4ncc(C(=O)O)c4C(F)(F)F)n3)CCCC2(C)C)ccc1C1CCN(C(=O)C2CC2)CC1. The molecule has 1 aromatic carbocycles. The molecule has 6 rings (SSSR count). The van der Waals surface area contributed by atoms with Gasteiger partial charge >= 0.3 is 12.1 Å². The number of alkyl halides is 3. The first-order chi connectivity index (χ1) is 22.4. The summed E-state index contributed by atoms with van der Waals surface area (Å²) in [5.41, 5.74) is 2.50. The number of rotatable bonds is 9. The van der Waals surface area contributed by atoms with Crippen LogP contribution in [-0.2, 0) is 17.4 Å². The highest BCUT2D eigenvalue weighted by atomic mass is 19.4. The summed E-state index contributed by atoms with van der Waals surface area (Å²) in [6, 6.07) is 11.1. The summed E-state index contributed by atoms with van der Waals surface area (Å²) in [6.07, 6.45) is 3.11. The van der Waals surface area contributed by atoms with E-state index in [0.29, 0.717) is 41.4 Å². The summed E-state index contributed by atoms with van der Waals surface area (Å²) in [5, 5.41) is 13.1. The van der Waals surface area contributed by atoms with Crippen LogP contribution in [0.15, 0.2) is 48.2 Å². The summed E-state index contributed by atoms with van der Waals surface area (Å²) in [7, 11) is 0. The fourth-order valence-electron chi connectivity index (χ4n) is 7.17. The van der Waals surface area contributed by atoms with E-state index in [0.717, 1.165) is 74.9 Å². The number of hydrogen-bond acceptors (Lipinski definition) is 5. The van der Waals surface area contributed by atoms with Crippen molar-refractivity contribution in [1.29, 1.82) is 0 Å². The Balaban J connectivity index is 1.24. The van der Waals surface area contributed by atoms with Gasteiger partial charge in [0.05, 0.1) is 11.9 Å². The van der Waals surface area contributed by atoms with E-state index >= 15 is 0 Å². The number of hydrogen-bond donors (Lipinski definition) is 1. The van der Waals surface area contributed by atoms with Gasteiger partial charge in [0.1, 0.15) is 17.9 Å². The van der Waals surface area contributed by atoms with Crippen molar-refractivity contribution in [3.05, 3.63) is 76.2 Å². The first-order valence-corrected chi connectivity index (χ1v) is 16.5. The van der Waals surface area contributed by atoms with Crippen molar-refractivity contribution in [2.75, 3.05) is 19.7 Å². The molecule has 8 nitrogen and oxygen atoms in total. The number of carboxylic acid groups (broad SMARTS) is 1. The quantitative estimate of drug-likeness (QED) is 0.255. The second-order valence-electron chi connectivity index (χ2n) is 13.6. The van der Waals surface area contributed by atoms with E-state index in [1.54, 1.807) is 12.1 Å². The first kappa shape index (κ1) is 32.8. The summed E-state index contributed by atoms with van der Waals surface area (Å²) in [4.78, 5) is 30.7. The van der Waals surface area contributed by atoms with Gasteiger partial charge in [0.25, 0.3) is 0 Å². The highest BCUT2D eigenvalue weighted by Crippen LogP contribution is 2.44. The van der Waals surface area contributed by atoms with E-state index in [-0.39, 0.29) is 17.2 Å². The Morgan fingerprint density at radius 1 is 1.09 bits per heavy atom. The fourth-order valence-corrected chi connectivity index (χ4v) is 7.17. The molecule has 0 atom stereocenters. The normalized spacial score (nSPS) is 18.8. The molecule has 2 aliphatic carbocycles. The third kappa shape index (κ3) is 6.80. The summed E-state index contributed by atoms with van der Waals surface area (Å²) >= 11 is 0. The van der Waals surface area contributed by atoms with Gasteiger partial charge < -0.3 is 14.7 Å². The molecular formula is C36H41F3N4O4. The van der Waals surface area contributed by atoms with Gasteiger partial charge in [-0.25, -0.2) is 14.5 Å². The average molecular weight is 651 g/mol. The molecule has 2 fully saturated rings.